The van der Waals surface area contributed by atoms with E-state index >= 15 is 0 Å². The third-order valence-electron chi connectivity index (χ3n) is 3.91. The molecule has 1 aliphatic rings. The van der Waals surface area contributed by atoms with Crippen LogP contribution in [0.2, 0.25) is 0 Å². The van der Waals surface area contributed by atoms with Crippen LogP contribution in [0.5, 0.6) is 0 Å². The van der Waals surface area contributed by atoms with Crippen LogP contribution in [0.15, 0.2) is 24.3 Å². The second-order valence-electron chi connectivity index (χ2n) is 5.51. The average Bonchev–Trinajstić information content (AvgIpc) is 2.57. The standard InChI is InChI=1S/C15H23NO3S/c1-13-5-2-3-6-14(13)15(17)7-9-16-8-4-11-20(18,19)12-10-16/h2-3,5-6,15,17H,4,7-12H2,1H3. The fourth-order valence-electron chi connectivity index (χ4n) is 2.63. The lowest BCUT2D eigenvalue weighted by molar-refractivity contribution is 0.144. The fraction of sp³-hybridized carbons (Fsp3) is 0.600. The van der Waals surface area contributed by atoms with Crippen LogP contribution in [0.1, 0.15) is 30.1 Å². The molecule has 1 fully saturated rings. The number of nitrogens with zero attached hydrogens (tertiary/aromatic N) is 1. The molecule has 1 unspecified atom stereocenters. The van der Waals surface area contributed by atoms with Crippen LogP contribution in [0.25, 0.3) is 0 Å². The smallest absolute Gasteiger partial charge is 0.151 e. The highest BCUT2D eigenvalue weighted by molar-refractivity contribution is 7.91. The molecule has 0 bridgehead atoms. The summed E-state index contributed by atoms with van der Waals surface area (Å²) >= 11 is 0. The van der Waals surface area contributed by atoms with Gasteiger partial charge >= 0.3 is 0 Å². The first-order valence-electron chi connectivity index (χ1n) is 7.14. The monoisotopic (exact) mass is 297 g/mol. The van der Waals surface area contributed by atoms with E-state index in [0.29, 0.717) is 25.1 Å². The van der Waals surface area contributed by atoms with Crippen LogP contribution in [0, 0.1) is 6.92 Å². The third-order valence-corrected chi connectivity index (χ3v) is 5.63. The van der Waals surface area contributed by atoms with E-state index in [1.807, 2.05) is 31.2 Å². The summed E-state index contributed by atoms with van der Waals surface area (Å²) in [6.07, 6.45) is 0.865. The molecule has 2 rings (SSSR count). The van der Waals surface area contributed by atoms with Gasteiger partial charge in [0.2, 0.25) is 0 Å². The average molecular weight is 297 g/mol. The third kappa shape index (κ3) is 4.30. The van der Waals surface area contributed by atoms with Crippen LogP contribution in [0.4, 0.5) is 0 Å². The SMILES string of the molecule is Cc1ccccc1C(O)CCN1CCCS(=O)(=O)CC1. The number of aliphatic hydroxyl groups is 1. The van der Waals surface area contributed by atoms with E-state index < -0.39 is 15.9 Å². The Labute approximate surface area is 121 Å². The Kier molecular flexibility index (Phi) is 5.18. The van der Waals surface area contributed by atoms with Crippen molar-refractivity contribution in [1.82, 2.24) is 4.90 Å². The number of rotatable bonds is 4. The van der Waals surface area contributed by atoms with E-state index in [2.05, 4.69) is 4.90 Å². The molecule has 1 heterocycles. The molecule has 0 radical (unpaired) electrons. The van der Waals surface area contributed by atoms with Crippen molar-refractivity contribution in [2.45, 2.75) is 25.9 Å². The Morgan fingerprint density at radius 2 is 2.00 bits per heavy atom. The molecular weight excluding hydrogens is 274 g/mol. The van der Waals surface area contributed by atoms with E-state index in [1.165, 1.54) is 0 Å². The molecule has 1 saturated heterocycles. The van der Waals surface area contributed by atoms with E-state index in [9.17, 15) is 13.5 Å². The van der Waals surface area contributed by atoms with Gasteiger partial charge in [-0.25, -0.2) is 8.42 Å². The van der Waals surface area contributed by atoms with Crippen LogP contribution >= 0.6 is 0 Å². The van der Waals surface area contributed by atoms with Crippen molar-refractivity contribution in [3.8, 4) is 0 Å². The predicted molar refractivity (Wildman–Crippen MR) is 80.5 cm³/mol. The topological polar surface area (TPSA) is 57.6 Å². The van der Waals surface area contributed by atoms with Gasteiger partial charge in [-0.1, -0.05) is 24.3 Å². The Hall–Kier alpha value is -0.910. The lowest BCUT2D eigenvalue weighted by Gasteiger charge is -2.21. The molecule has 1 aliphatic heterocycles. The molecular formula is C15H23NO3S. The second-order valence-corrected chi connectivity index (χ2v) is 7.81. The molecule has 0 aromatic heterocycles. The second kappa shape index (κ2) is 6.70. The normalized spacial score (nSPS) is 21.3. The highest BCUT2D eigenvalue weighted by atomic mass is 32.2. The predicted octanol–water partition coefficient (Wildman–Crippen LogP) is 1.54. The lowest BCUT2D eigenvalue weighted by Crippen LogP contribution is -2.29. The van der Waals surface area contributed by atoms with E-state index in [0.717, 1.165) is 24.2 Å². The summed E-state index contributed by atoms with van der Waals surface area (Å²) < 4.78 is 23.1. The summed E-state index contributed by atoms with van der Waals surface area (Å²) in [6, 6.07) is 7.85. The van der Waals surface area contributed by atoms with Crippen molar-refractivity contribution < 1.29 is 13.5 Å². The van der Waals surface area contributed by atoms with Crippen LogP contribution < -0.4 is 0 Å². The first-order valence-corrected chi connectivity index (χ1v) is 8.96. The molecule has 5 heteroatoms. The maximum absolute atomic E-state index is 11.5. The quantitative estimate of drug-likeness (QED) is 0.916. The number of aryl methyl sites for hydroxylation is 1. The number of hydrogen-bond donors (Lipinski definition) is 1. The van der Waals surface area contributed by atoms with Gasteiger partial charge in [0.15, 0.2) is 9.84 Å². The van der Waals surface area contributed by atoms with E-state index in [-0.39, 0.29) is 5.75 Å². The highest BCUT2D eigenvalue weighted by Crippen LogP contribution is 2.20. The summed E-state index contributed by atoms with van der Waals surface area (Å²) in [6.45, 7) is 4.13. The minimum Gasteiger partial charge on any atom is -0.388 e. The Bertz CT molecular complexity index is 542. The van der Waals surface area contributed by atoms with Gasteiger partial charge in [0.05, 0.1) is 17.6 Å². The van der Waals surface area contributed by atoms with E-state index in [4.69, 9.17) is 0 Å². The molecule has 0 saturated carbocycles. The number of sulfone groups is 1. The molecule has 0 aliphatic carbocycles. The molecule has 1 N–H and O–H groups in total. The molecule has 0 amide bonds. The maximum atomic E-state index is 11.5. The molecule has 1 aromatic rings. The fourth-order valence-corrected chi connectivity index (χ4v) is 3.94. The van der Waals surface area contributed by atoms with Gasteiger partial charge in [0.1, 0.15) is 0 Å². The molecule has 112 valence electrons. The van der Waals surface area contributed by atoms with Crippen LogP contribution in [0.3, 0.4) is 0 Å². The molecule has 20 heavy (non-hydrogen) atoms. The van der Waals surface area contributed by atoms with Crippen molar-refractivity contribution in [2.75, 3.05) is 31.1 Å². The number of aliphatic hydroxyl groups excluding tert-OH is 1. The Balaban J connectivity index is 1.87. The summed E-state index contributed by atoms with van der Waals surface area (Å²) in [5, 5.41) is 10.3. The van der Waals surface area contributed by atoms with Crippen molar-refractivity contribution in [1.29, 1.82) is 0 Å². The summed E-state index contributed by atoms with van der Waals surface area (Å²) in [4.78, 5) is 2.14. The van der Waals surface area contributed by atoms with Gasteiger partial charge in [-0.15, -0.1) is 0 Å². The zero-order chi connectivity index (χ0) is 14.6. The van der Waals surface area contributed by atoms with Gasteiger partial charge < -0.3 is 10.0 Å². The summed E-state index contributed by atoms with van der Waals surface area (Å²) in [5.41, 5.74) is 2.06. The van der Waals surface area contributed by atoms with E-state index in [1.54, 1.807) is 0 Å². The minimum absolute atomic E-state index is 0.244. The van der Waals surface area contributed by atoms with Crippen LogP contribution in [-0.2, 0) is 9.84 Å². The van der Waals surface area contributed by atoms with Crippen molar-refractivity contribution >= 4 is 9.84 Å². The van der Waals surface area contributed by atoms with Gasteiger partial charge in [-0.3, -0.25) is 0 Å². The molecule has 0 spiro atoms. The van der Waals surface area contributed by atoms with Gasteiger partial charge in [0, 0.05) is 13.1 Å². The minimum atomic E-state index is -2.85. The first kappa shape index (κ1) is 15.5. The maximum Gasteiger partial charge on any atom is 0.151 e. The molecule has 1 aromatic carbocycles. The first-order chi connectivity index (χ1) is 9.48. The van der Waals surface area contributed by atoms with Crippen LogP contribution in [-0.4, -0.2) is 49.6 Å². The van der Waals surface area contributed by atoms with Crippen molar-refractivity contribution in [3.05, 3.63) is 35.4 Å². The number of hydrogen-bond acceptors (Lipinski definition) is 4. The van der Waals surface area contributed by atoms with Crippen molar-refractivity contribution in [3.63, 3.8) is 0 Å². The largest absolute Gasteiger partial charge is 0.388 e. The molecule has 4 nitrogen and oxygen atoms in total. The van der Waals surface area contributed by atoms with Gasteiger partial charge in [-0.05, 0) is 37.4 Å². The number of benzene rings is 1. The Morgan fingerprint density at radius 1 is 1.25 bits per heavy atom. The van der Waals surface area contributed by atoms with Crippen molar-refractivity contribution in [2.24, 2.45) is 0 Å². The Morgan fingerprint density at radius 3 is 2.75 bits per heavy atom. The lowest BCUT2D eigenvalue weighted by atomic mass is 10.0. The summed E-state index contributed by atoms with van der Waals surface area (Å²) in [7, 11) is -2.85. The highest BCUT2D eigenvalue weighted by Gasteiger charge is 2.20. The zero-order valence-electron chi connectivity index (χ0n) is 12.0. The molecule has 1 atom stereocenters. The van der Waals surface area contributed by atoms with Gasteiger partial charge in [-0.2, -0.15) is 0 Å². The van der Waals surface area contributed by atoms with Gasteiger partial charge in [0.25, 0.3) is 0 Å². The summed E-state index contributed by atoms with van der Waals surface area (Å²) in [5.74, 6) is 0.539. The zero-order valence-corrected chi connectivity index (χ0v) is 12.8.